The molecule has 2 aliphatic rings. The summed E-state index contributed by atoms with van der Waals surface area (Å²) in [5.41, 5.74) is 0. The summed E-state index contributed by atoms with van der Waals surface area (Å²) in [6.07, 6.45) is 5.38. The molecule has 2 rings (SSSR count). The van der Waals surface area contributed by atoms with Crippen molar-refractivity contribution in [3.8, 4) is 0 Å². The average Bonchev–Trinajstić information content (AvgIpc) is 2.56. The van der Waals surface area contributed by atoms with Crippen LogP contribution in [0.2, 0.25) is 0 Å². The molecule has 0 aromatic heterocycles. The van der Waals surface area contributed by atoms with Gasteiger partial charge in [0.15, 0.2) is 0 Å². The topological polar surface area (TPSA) is 26.3 Å². The summed E-state index contributed by atoms with van der Waals surface area (Å²) in [5.74, 6) is 1.54. The second kappa shape index (κ2) is 3.75. The van der Waals surface area contributed by atoms with Gasteiger partial charge in [0.05, 0.1) is 3.92 Å². The van der Waals surface area contributed by atoms with E-state index in [4.69, 9.17) is 4.74 Å². The van der Waals surface area contributed by atoms with Gasteiger partial charge in [-0.05, 0) is 31.1 Å². The van der Waals surface area contributed by atoms with Crippen molar-refractivity contribution in [2.45, 2.75) is 42.6 Å². The maximum atomic E-state index is 10.8. The minimum Gasteiger partial charge on any atom is -0.461 e. The zero-order chi connectivity index (χ0) is 9.42. The van der Waals surface area contributed by atoms with Gasteiger partial charge in [-0.2, -0.15) is 0 Å². The Labute approximate surface area is 92.5 Å². The Bertz CT molecular complexity index is 217. The second-order valence-corrected chi connectivity index (χ2v) is 5.62. The molecule has 2 nitrogen and oxygen atoms in total. The maximum absolute atomic E-state index is 10.8. The largest absolute Gasteiger partial charge is 0.461 e. The van der Waals surface area contributed by atoms with Crippen LogP contribution in [0.15, 0.2) is 0 Å². The molecular weight excluding hydrogens is 279 g/mol. The molecule has 2 fully saturated rings. The molecule has 2 aliphatic carbocycles. The van der Waals surface area contributed by atoms with Crippen LogP contribution in [0.1, 0.15) is 32.6 Å². The lowest BCUT2D eigenvalue weighted by Gasteiger charge is -2.17. The Morgan fingerprint density at radius 1 is 1.46 bits per heavy atom. The van der Waals surface area contributed by atoms with E-state index in [9.17, 15) is 4.79 Å². The first kappa shape index (κ1) is 9.74. The number of halogens is 1. The van der Waals surface area contributed by atoms with Crippen LogP contribution in [0.3, 0.4) is 0 Å². The quantitative estimate of drug-likeness (QED) is 0.422. The van der Waals surface area contributed by atoms with Crippen molar-refractivity contribution in [3.05, 3.63) is 0 Å². The van der Waals surface area contributed by atoms with E-state index in [1.54, 1.807) is 0 Å². The van der Waals surface area contributed by atoms with Crippen LogP contribution in [0.4, 0.5) is 0 Å². The Morgan fingerprint density at radius 3 is 2.85 bits per heavy atom. The maximum Gasteiger partial charge on any atom is 0.302 e. The smallest absolute Gasteiger partial charge is 0.302 e. The first-order chi connectivity index (χ1) is 6.18. The van der Waals surface area contributed by atoms with Gasteiger partial charge in [-0.1, -0.05) is 29.0 Å². The van der Waals surface area contributed by atoms with E-state index in [1.807, 2.05) is 0 Å². The Kier molecular flexibility index (Phi) is 2.81. The number of rotatable bonds is 1. The zero-order valence-electron chi connectivity index (χ0n) is 7.83. The summed E-state index contributed by atoms with van der Waals surface area (Å²) in [4.78, 5) is 10.8. The highest BCUT2D eigenvalue weighted by molar-refractivity contribution is 14.1. The molecule has 0 spiro atoms. The van der Waals surface area contributed by atoms with Gasteiger partial charge >= 0.3 is 5.97 Å². The fourth-order valence-corrected chi connectivity index (χ4v) is 4.19. The van der Waals surface area contributed by atoms with E-state index in [2.05, 4.69) is 22.6 Å². The van der Waals surface area contributed by atoms with E-state index in [1.165, 1.54) is 26.2 Å². The second-order valence-electron chi connectivity index (χ2n) is 4.18. The molecule has 13 heavy (non-hydrogen) atoms. The molecule has 0 N–H and O–H groups in total. The van der Waals surface area contributed by atoms with Gasteiger partial charge in [-0.15, -0.1) is 0 Å². The van der Waals surface area contributed by atoms with Crippen molar-refractivity contribution in [3.63, 3.8) is 0 Å². The highest BCUT2D eigenvalue weighted by Crippen LogP contribution is 2.48. The monoisotopic (exact) mass is 294 g/mol. The highest BCUT2D eigenvalue weighted by atomic mass is 127. The number of esters is 1. The Hall–Kier alpha value is 0.200. The van der Waals surface area contributed by atoms with Gasteiger partial charge < -0.3 is 4.74 Å². The lowest BCUT2D eigenvalue weighted by Crippen LogP contribution is -2.23. The van der Waals surface area contributed by atoms with E-state index in [0.717, 1.165) is 18.3 Å². The van der Waals surface area contributed by atoms with Crippen LogP contribution in [0.5, 0.6) is 0 Å². The standard InChI is InChI=1S/C10H15IO2/c1-6(12)13-9-5-7-3-2-4-8(7)10(9)11/h7-10H,2-5H2,1H3/t7-,8-,9?,10?/m0/s1. The van der Waals surface area contributed by atoms with Crippen LogP contribution < -0.4 is 0 Å². The summed E-state index contributed by atoms with van der Waals surface area (Å²) in [6, 6.07) is 0. The molecule has 3 heteroatoms. The minimum absolute atomic E-state index is 0.119. The predicted molar refractivity (Wildman–Crippen MR) is 58.8 cm³/mol. The normalized spacial score (nSPS) is 43.2. The molecule has 4 atom stereocenters. The molecule has 0 saturated heterocycles. The lowest BCUT2D eigenvalue weighted by molar-refractivity contribution is -0.145. The van der Waals surface area contributed by atoms with E-state index in [-0.39, 0.29) is 12.1 Å². The number of fused-ring (bicyclic) bond motifs is 1. The molecule has 2 unspecified atom stereocenters. The number of alkyl halides is 1. The third kappa shape index (κ3) is 1.85. The Morgan fingerprint density at radius 2 is 2.23 bits per heavy atom. The molecule has 0 amide bonds. The number of ether oxygens (including phenoxy) is 1. The fourth-order valence-electron chi connectivity index (χ4n) is 2.81. The van der Waals surface area contributed by atoms with Crippen LogP contribution in [0.25, 0.3) is 0 Å². The first-order valence-electron chi connectivity index (χ1n) is 5.00. The molecule has 0 bridgehead atoms. The van der Waals surface area contributed by atoms with Crippen LogP contribution in [-0.2, 0) is 9.53 Å². The van der Waals surface area contributed by atoms with Crippen molar-refractivity contribution >= 4 is 28.6 Å². The van der Waals surface area contributed by atoms with Gasteiger partial charge in [0, 0.05) is 6.92 Å². The van der Waals surface area contributed by atoms with Gasteiger partial charge in [0.1, 0.15) is 6.10 Å². The Balaban J connectivity index is 1.98. The molecule has 0 aromatic rings. The van der Waals surface area contributed by atoms with Gasteiger partial charge in [0.25, 0.3) is 0 Å². The average molecular weight is 294 g/mol. The van der Waals surface area contributed by atoms with Crippen LogP contribution >= 0.6 is 22.6 Å². The SMILES string of the molecule is CC(=O)OC1C[C@@H]2CCC[C@@H]2C1I. The molecule has 0 aromatic carbocycles. The van der Waals surface area contributed by atoms with Gasteiger partial charge in [0.2, 0.25) is 0 Å². The third-order valence-electron chi connectivity index (χ3n) is 3.33. The number of carbonyl (C=O) groups is 1. The van der Waals surface area contributed by atoms with Crippen molar-refractivity contribution in [2.75, 3.05) is 0 Å². The summed E-state index contributed by atoms with van der Waals surface area (Å²) in [6.45, 7) is 1.51. The van der Waals surface area contributed by atoms with Gasteiger partial charge in [-0.3, -0.25) is 4.79 Å². The van der Waals surface area contributed by atoms with E-state index >= 15 is 0 Å². The van der Waals surface area contributed by atoms with Crippen LogP contribution in [-0.4, -0.2) is 16.0 Å². The molecule has 2 saturated carbocycles. The lowest BCUT2D eigenvalue weighted by atomic mass is 10.0. The van der Waals surface area contributed by atoms with Crippen molar-refractivity contribution in [1.29, 1.82) is 0 Å². The highest BCUT2D eigenvalue weighted by Gasteiger charge is 2.45. The zero-order valence-corrected chi connectivity index (χ0v) is 9.99. The molecule has 0 heterocycles. The molecule has 0 radical (unpaired) electrons. The summed E-state index contributed by atoms with van der Waals surface area (Å²) >= 11 is 2.47. The summed E-state index contributed by atoms with van der Waals surface area (Å²) < 4.78 is 5.88. The van der Waals surface area contributed by atoms with E-state index < -0.39 is 0 Å². The van der Waals surface area contributed by atoms with Gasteiger partial charge in [-0.25, -0.2) is 0 Å². The number of carbonyl (C=O) groups excluding carboxylic acids is 1. The fraction of sp³-hybridized carbons (Fsp3) is 0.900. The predicted octanol–water partition coefficient (Wildman–Crippen LogP) is 2.54. The summed E-state index contributed by atoms with van der Waals surface area (Å²) in [5, 5.41) is 0. The van der Waals surface area contributed by atoms with Crippen molar-refractivity contribution in [1.82, 2.24) is 0 Å². The first-order valence-corrected chi connectivity index (χ1v) is 6.24. The van der Waals surface area contributed by atoms with E-state index in [0.29, 0.717) is 3.92 Å². The molecular formula is C10H15IO2. The minimum atomic E-state index is -0.119. The number of hydrogen-bond acceptors (Lipinski definition) is 2. The third-order valence-corrected chi connectivity index (χ3v) is 5.06. The van der Waals surface area contributed by atoms with Crippen LogP contribution in [0, 0.1) is 11.8 Å². The van der Waals surface area contributed by atoms with Crippen molar-refractivity contribution in [2.24, 2.45) is 11.8 Å². The summed E-state index contributed by atoms with van der Waals surface area (Å²) in [7, 11) is 0. The molecule has 0 aliphatic heterocycles. The number of hydrogen-bond donors (Lipinski definition) is 0. The molecule has 74 valence electrons. The van der Waals surface area contributed by atoms with Crippen molar-refractivity contribution < 1.29 is 9.53 Å².